The van der Waals surface area contributed by atoms with E-state index >= 15 is 0 Å². The van der Waals surface area contributed by atoms with Crippen molar-refractivity contribution in [1.29, 1.82) is 0 Å². The Morgan fingerprint density at radius 3 is 2.76 bits per heavy atom. The minimum Gasteiger partial charge on any atom is -0.388 e. The lowest BCUT2D eigenvalue weighted by molar-refractivity contribution is 0.144. The molecule has 0 aromatic heterocycles. The maximum absolute atomic E-state index is 13.1. The Balaban J connectivity index is 1.21. The number of rotatable bonds is 5. The van der Waals surface area contributed by atoms with E-state index < -0.39 is 6.10 Å². The van der Waals surface area contributed by atoms with E-state index in [0.29, 0.717) is 18.4 Å². The number of likely N-dealkylation sites (N-methyl/N-ethyl adjacent to an activating group) is 1. The van der Waals surface area contributed by atoms with E-state index in [-0.39, 0.29) is 5.82 Å². The zero-order chi connectivity index (χ0) is 20.0. The van der Waals surface area contributed by atoms with Crippen molar-refractivity contribution in [3.63, 3.8) is 0 Å². The molecule has 4 nitrogen and oxygen atoms in total. The predicted octanol–water partition coefficient (Wildman–Crippen LogP) is 3.77. The number of halogens is 1. The molecular weight excluding hydrogens is 365 g/mol. The normalized spacial score (nSPS) is 24.4. The molecule has 2 aromatic rings. The van der Waals surface area contributed by atoms with Crippen LogP contribution in [0.15, 0.2) is 42.5 Å². The van der Waals surface area contributed by atoms with Crippen molar-refractivity contribution in [3.8, 4) is 0 Å². The molecule has 3 unspecified atom stereocenters. The summed E-state index contributed by atoms with van der Waals surface area (Å²) in [7, 11) is 2.20. The molecule has 1 saturated heterocycles. The number of para-hydroxylation sites is 1. The van der Waals surface area contributed by atoms with Crippen LogP contribution in [-0.4, -0.2) is 55.8 Å². The van der Waals surface area contributed by atoms with Crippen molar-refractivity contribution in [1.82, 2.24) is 4.90 Å². The third kappa shape index (κ3) is 3.40. The van der Waals surface area contributed by atoms with Crippen LogP contribution in [0, 0.1) is 5.82 Å². The van der Waals surface area contributed by atoms with E-state index in [0.717, 1.165) is 44.7 Å². The second-order valence-electron chi connectivity index (χ2n) is 8.80. The molecule has 3 heterocycles. The summed E-state index contributed by atoms with van der Waals surface area (Å²) in [5.41, 5.74) is 5.19. The summed E-state index contributed by atoms with van der Waals surface area (Å²) in [6, 6.07) is 13.7. The Hall–Kier alpha value is -2.11. The molecule has 29 heavy (non-hydrogen) atoms. The molecule has 0 saturated carbocycles. The zero-order valence-corrected chi connectivity index (χ0v) is 17.1. The van der Waals surface area contributed by atoms with Crippen LogP contribution >= 0.6 is 0 Å². The van der Waals surface area contributed by atoms with Crippen molar-refractivity contribution in [2.45, 2.75) is 37.3 Å². The van der Waals surface area contributed by atoms with Crippen molar-refractivity contribution < 1.29 is 9.50 Å². The van der Waals surface area contributed by atoms with Gasteiger partial charge in [0.2, 0.25) is 0 Å². The minimum atomic E-state index is -0.511. The lowest BCUT2D eigenvalue weighted by Crippen LogP contribution is -2.49. The molecule has 0 aliphatic carbocycles. The Labute approximate surface area is 172 Å². The van der Waals surface area contributed by atoms with Crippen molar-refractivity contribution >= 4 is 11.4 Å². The number of benzene rings is 2. The Kier molecular flexibility index (Phi) is 4.96. The molecule has 3 aliphatic rings. The fraction of sp³-hybridized carbons (Fsp3) is 0.500. The summed E-state index contributed by atoms with van der Waals surface area (Å²) in [5, 5.41) is 10.4. The van der Waals surface area contributed by atoms with Crippen LogP contribution < -0.4 is 9.80 Å². The number of anilines is 2. The number of likely N-dealkylation sites (tertiary alicyclic amines) is 1. The summed E-state index contributed by atoms with van der Waals surface area (Å²) in [4.78, 5) is 7.63. The highest BCUT2D eigenvalue weighted by Crippen LogP contribution is 2.50. The lowest BCUT2D eigenvalue weighted by Gasteiger charge is -2.41. The van der Waals surface area contributed by atoms with Crippen LogP contribution in [0.3, 0.4) is 0 Å². The molecule has 0 amide bonds. The number of nitrogens with zero attached hydrogens (tertiary/aromatic N) is 3. The number of aliphatic hydroxyl groups is 1. The summed E-state index contributed by atoms with van der Waals surface area (Å²) in [5.74, 6) is 0.334. The second-order valence-corrected chi connectivity index (χ2v) is 8.80. The van der Waals surface area contributed by atoms with E-state index in [4.69, 9.17) is 0 Å². The van der Waals surface area contributed by atoms with Gasteiger partial charge in [-0.2, -0.15) is 0 Å². The Morgan fingerprint density at radius 2 is 1.93 bits per heavy atom. The first-order valence-electron chi connectivity index (χ1n) is 10.9. The molecule has 0 spiro atoms. The average molecular weight is 396 g/mol. The van der Waals surface area contributed by atoms with E-state index in [1.807, 2.05) is 0 Å². The van der Waals surface area contributed by atoms with E-state index in [1.165, 1.54) is 35.5 Å². The number of fused-ring (bicyclic) bond motifs is 3. The highest BCUT2D eigenvalue weighted by Gasteiger charge is 2.44. The van der Waals surface area contributed by atoms with Crippen LogP contribution in [-0.2, 0) is 0 Å². The first-order valence-corrected chi connectivity index (χ1v) is 10.9. The number of hydrogen-bond donors (Lipinski definition) is 1. The molecule has 3 aliphatic heterocycles. The standard InChI is InChI=1S/C24H30FN3O/c1-26-14-15-28-21-11-13-27(16-20(21)19-4-2-5-22(26)24(19)28)12-3-6-23(29)17-7-9-18(25)10-8-17/h2,4-5,7-10,20-21,23,29H,3,6,11-16H2,1H3. The molecule has 5 rings (SSSR count). The van der Waals surface area contributed by atoms with Gasteiger partial charge in [-0.1, -0.05) is 24.3 Å². The fourth-order valence-corrected chi connectivity index (χ4v) is 5.54. The van der Waals surface area contributed by atoms with Crippen LogP contribution in [0.5, 0.6) is 0 Å². The minimum absolute atomic E-state index is 0.256. The van der Waals surface area contributed by atoms with Crippen LogP contribution in [0.1, 0.15) is 42.4 Å². The quantitative estimate of drug-likeness (QED) is 0.835. The van der Waals surface area contributed by atoms with Gasteiger partial charge in [0.25, 0.3) is 0 Å². The summed E-state index contributed by atoms with van der Waals surface area (Å²) in [6.07, 6.45) is 2.37. The molecule has 1 N–H and O–H groups in total. The first kappa shape index (κ1) is 18.9. The fourth-order valence-electron chi connectivity index (χ4n) is 5.54. The van der Waals surface area contributed by atoms with Gasteiger partial charge in [-0.25, -0.2) is 4.39 Å². The molecule has 0 bridgehead atoms. The number of piperidine rings is 1. The maximum atomic E-state index is 13.1. The van der Waals surface area contributed by atoms with E-state index in [9.17, 15) is 9.50 Å². The third-order valence-corrected chi connectivity index (χ3v) is 7.09. The van der Waals surface area contributed by atoms with Gasteiger partial charge in [0, 0.05) is 45.2 Å². The smallest absolute Gasteiger partial charge is 0.123 e. The van der Waals surface area contributed by atoms with Crippen molar-refractivity contribution in [2.75, 3.05) is 49.6 Å². The molecule has 1 fully saturated rings. The number of hydrogen-bond acceptors (Lipinski definition) is 4. The molecule has 0 radical (unpaired) electrons. The monoisotopic (exact) mass is 395 g/mol. The largest absolute Gasteiger partial charge is 0.388 e. The van der Waals surface area contributed by atoms with Gasteiger partial charge in [0.15, 0.2) is 0 Å². The molecule has 5 heteroatoms. The Morgan fingerprint density at radius 1 is 1.10 bits per heavy atom. The van der Waals surface area contributed by atoms with Gasteiger partial charge in [-0.05, 0) is 55.1 Å². The van der Waals surface area contributed by atoms with Gasteiger partial charge in [0.05, 0.1) is 17.5 Å². The SMILES string of the molecule is CN1CCN2c3c(cccc31)C1CN(CCCC(O)c3ccc(F)cc3)CCC12. The van der Waals surface area contributed by atoms with Crippen molar-refractivity contribution in [2.24, 2.45) is 0 Å². The van der Waals surface area contributed by atoms with Crippen LogP contribution in [0.25, 0.3) is 0 Å². The zero-order valence-electron chi connectivity index (χ0n) is 17.1. The predicted molar refractivity (Wildman–Crippen MR) is 115 cm³/mol. The summed E-state index contributed by atoms with van der Waals surface area (Å²) >= 11 is 0. The molecule has 154 valence electrons. The Bertz CT molecular complexity index is 871. The van der Waals surface area contributed by atoms with Crippen LogP contribution in [0.4, 0.5) is 15.8 Å². The van der Waals surface area contributed by atoms with E-state index in [2.05, 4.69) is 39.9 Å². The van der Waals surface area contributed by atoms with Gasteiger partial charge < -0.3 is 19.8 Å². The van der Waals surface area contributed by atoms with Gasteiger partial charge in [0.1, 0.15) is 5.82 Å². The van der Waals surface area contributed by atoms with Crippen LogP contribution in [0.2, 0.25) is 0 Å². The average Bonchev–Trinajstić information content (AvgIpc) is 3.06. The summed E-state index contributed by atoms with van der Waals surface area (Å²) in [6.45, 7) is 5.48. The number of aliphatic hydroxyl groups excluding tert-OH is 1. The third-order valence-electron chi connectivity index (χ3n) is 7.09. The molecule has 3 atom stereocenters. The highest BCUT2D eigenvalue weighted by molar-refractivity contribution is 5.80. The topological polar surface area (TPSA) is 30.0 Å². The second kappa shape index (κ2) is 7.62. The van der Waals surface area contributed by atoms with Gasteiger partial charge in [-0.15, -0.1) is 0 Å². The van der Waals surface area contributed by atoms with Gasteiger partial charge in [-0.3, -0.25) is 0 Å². The van der Waals surface area contributed by atoms with Crippen molar-refractivity contribution in [3.05, 3.63) is 59.4 Å². The molecular formula is C24H30FN3O. The lowest BCUT2D eigenvalue weighted by atomic mass is 9.89. The highest BCUT2D eigenvalue weighted by atomic mass is 19.1. The first-order chi connectivity index (χ1) is 14.1. The summed E-state index contributed by atoms with van der Waals surface area (Å²) < 4.78 is 13.1. The van der Waals surface area contributed by atoms with E-state index in [1.54, 1.807) is 12.1 Å². The van der Waals surface area contributed by atoms with Gasteiger partial charge >= 0.3 is 0 Å². The molecule has 2 aromatic carbocycles. The maximum Gasteiger partial charge on any atom is 0.123 e.